The molecule has 3 aromatic rings. The minimum Gasteiger partial charge on any atom is -0.395 e. The molecule has 2 aromatic heterocycles. The predicted molar refractivity (Wildman–Crippen MR) is 160 cm³/mol. The number of sulfonamides is 1. The van der Waals surface area contributed by atoms with Gasteiger partial charge in [0.15, 0.2) is 5.82 Å². The van der Waals surface area contributed by atoms with Crippen molar-refractivity contribution in [1.82, 2.24) is 15.2 Å². The van der Waals surface area contributed by atoms with Gasteiger partial charge in [0.05, 0.1) is 29.3 Å². The van der Waals surface area contributed by atoms with Gasteiger partial charge in [-0.1, -0.05) is 0 Å². The maximum Gasteiger partial charge on any atom is 0.258 e. The Balaban J connectivity index is 1.32. The molecule has 6 rings (SSSR count). The number of carbonyl (C=O) groups is 1. The van der Waals surface area contributed by atoms with E-state index in [0.29, 0.717) is 33.4 Å². The topological polar surface area (TPSA) is 167 Å². The van der Waals surface area contributed by atoms with E-state index < -0.39 is 34.2 Å². The fourth-order valence-corrected chi connectivity index (χ4v) is 6.69. The van der Waals surface area contributed by atoms with Crippen LogP contribution in [0.5, 0.6) is 0 Å². The van der Waals surface area contributed by atoms with Crippen molar-refractivity contribution < 1.29 is 27.1 Å². The quantitative estimate of drug-likeness (QED) is 0.295. The van der Waals surface area contributed by atoms with E-state index in [4.69, 9.17) is 10.8 Å². The second kappa shape index (κ2) is 11.0. The average Bonchev–Trinajstić information content (AvgIpc) is 3.71. The van der Waals surface area contributed by atoms with Crippen LogP contribution in [0.1, 0.15) is 48.9 Å². The number of fused-ring (bicyclic) bond motifs is 1. The molecule has 3 fully saturated rings. The van der Waals surface area contributed by atoms with E-state index in [1.54, 1.807) is 29.2 Å². The van der Waals surface area contributed by atoms with Gasteiger partial charge in [-0.3, -0.25) is 9.52 Å². The second-order valence-electron chi connectivity index (χ2n) is 11.7. The first kappa shape index (κ1) is 29.2. The van der Waals surface area contributed by atoms with Gasteiger partial charge in [0, 0.05) is 44.4 Å². The highest BCUT2D eigenvalue weighted by Gasteiger charge is 2.44. The molecular formula is C28H34F2N8O4S. The molecule has 0 unspecified atom stereocenters. The van der Waals surface area contributed by atoms with Crippen molar-refractivity contribution in [3.05, 3.63) is 35.9 Å². The number of halogens is 2. The van der Waals surface area contributed by atoms with Crippen molar-refractivity contribution in [2.75, 3.05) is 64.1 Å². The number of hydrogen-bond donors (Lipinski definition) is 4. The van der Waals surface area contributed by atoms with Crippen molar-refractivity contribution in [2.24, 2.45) is 5.41 Å². The summed E-state index contributed by atoms with van der Waals surface area (Å²) in [7, 11) is -3.77. The van der Waals surface area contributed by atoms with E-state index >= 15 is 0 Å². The number of benzene rings is 1. The molecule has 1 amide bonds. The number of carbonyl (C=O) groups excluding carboxylic acids is 1. The van der Waals surface area contributed by atoms with Crippen molar-refractivity contribution in [3.63, 3.8) is 0 Å². The number of nitrogen functional groups attached to an aromatic ring is 1. The molecule has 0 bridgehead atoms. The number of hydrogen-bond acceptors (Lipinski definition) is 10. The molecule has 2 saturated heterocycles. The number of aliphatic hydroxyl groups excluding tert-OH is 1. The molecule has 1 spiro atoms. The number of alkyl halides is 2. The third-order valence-electron chi connectivity index (χ3n) is 8.61. The summed E-state index contributed by atoms with van der Waals surface area (Å²) in [5.41, 5.74) is 7.83. The van der Waals surface area contributed by atoms with Crippen molar-refractivity contribution in [2.45, 2.75) is 44.4 Å². The molecule has 0 radical (unpaired) electrons. The predicted octanol–water partition coefficient (Wildman–Crippen LogP) is 3.21. The second-order valence-corrected chi connectivity index (χ2v) is 13.5. The minimum absolute atomic E-state index is 0.0623. The van der Waals surface area contributed by atoms with Gasteiger partial charge < -0.3 is 26.0 Å². The molecule has 5 N–H and O–H groups in total. The Hall–Kier alpha value is -3.85. The van der Waals surface area contributed by atoms with Crippen molar-refractivity contribution in [1.29, 1.82) is 0 Å². The summed E-state index contributed by atoms with van der Waals surface area (Å²) in [5.74, 6) is -2.99. The van der Waals surface area contributed by atoms with Crippen LogP contribution in [0.2, 0.25) is 0 Å². The van der Waals surface area contributed by atoms with Gasteiger partial charge in [0.2, 0.25) is 10.0 Å². The zero-order chi connectivity index (χ0) is 30.4. The first-order chi connectivity index (χ1) is 20.4. The normalized spacial score (nSPS) is 19.4. The van der Waals surface area contributed by atoms with Gasteiger partial charge in [0.25, 0.3) is 11.8 Å². The summed E-state index contributed by atoms with van der Waals surface area (Å²) in [6.07, 6.45) is 3.72. The van der Waals surface area contributed by atoms with E-state index in [9.17, 15) is 22.0 Å². The Morgan fingerprint density at radius 3 is 2.35 bits per heavy atom. The lowest BCUT2D eigenvalue weighted by Crippen LogP contribution is -2.40. The summed E-state index contributed by atoms with van der Waals surface area (Å²) in [6.45, 7) is 1.06. The minimum atomic E-state index is -3.77. The molecule has 1 aliphatic carbocycles. The van der Waals surface area contributed by atoms with Crippen LogP contribution in [0, 0.1) is 5.41 Å². The Labute approximate surface area is 247 Å². The lowest BCUT2D eigenvalue weighted by molar-refractivity contribution is -0.0221. The molecule has 2 aliphatic heterocycles. The van der Waals surface area contributed by atoms with E-state index in [-0.39, 0.29) is 43.3 Å². The van der Waals surface area contributed by atoms with E-state index in [2.05, 4.69) is 30.1 Å². The largest absolute Gasteiger partial charge is 0.395 e. The molecule has 43 heavy (non-hydrogen) atoms. The smallest absolute Gasteiger partial charge is 0.258 e. The Bertz CT molecular complexity index is 1650. The Kier molecular flexibility index (Phi) is 7.49. The Morgan fingerprint density at radius 2 is 1.67 bits per heavy atom. The maximum absolute atomic E-state index is 13.9. The van der Waals surface area contributed by atoms with Crippen LogP contribution < -0.4 is 25.6 Å². The molecular weight excluding hydrogens is 582 g/mol. The van der Waals surface area contributed by atoms with Crippen LogP contribution in [0.3, 0.4) is 0 Å². The SMILES string of the molecule is Nc1cc2cc(NC(=O)c3ccc(NS(=O)(=O)CCO)cc3N3CCC4(CC3)CC4)nc(N3CCC(F)(F)CC3)c2nn1. The van der Waals surface area contributed by atoms with Crippen LogP contribution in [-0.2, 0) is 10.0 Å². The third-order valence-corrected chi connectivity index (χ3v) is 9.87. The number of nitrogens with two attached hydrogens (primary N) is 1. The van der Waals surface area contributed by atoms with Gasteiger partial charge in [-0.05, 0) is 61.4 Å². The monoisotopic (exact) mass is 616 g/mol. The first-order valence-electron chi connectivity index (χ1n) is 14.3. The van der Waals surface area contributed by atoms with Gasteiger partial charge in [-0.2, -0.15) is 0 Å². The van der Waals surface area contributed by atoms with Crippen LogP contribution >= 0.6 is 0 Å². The molecule has 230 valence electrons. The summed E-state index contributed by atoms with van der Waals surface area (Å²) in [6, 6.07) is 7.89. The number of aromatic nitrogens is 3. The fourth-order valence-electron chi connectivity index (χ4n) is 5.86. The van der Waals surface area contributed by atoms with Crippen molar-refractivity contribution >= 4 is 55.7 Å². The lowest BCUT2D eigenvalue weighted by atomic mass is 9.93. The molecule has 1 saturated carbocycles. The maximum atomic E-state index is 13.9. The Morgan fingerprint density at radius 1 is 0.977 bits per heavy atom. The molecule has 12 nitrogen and oxygen atoms in total. The lowest BCUT2D eigenvalue weighted by Gasteiger charge is -2.35. The van der Waals surface area contributed by atoms with E-state index in [0.717, 1.165) is 25.9 Å². The van der Waals surface area contributed by atoms with Gasteiger partial charge >= 0.3 is 0 Å². The molecule has 0 atom stereocenters. The van der Waals surface area contributed by atoms with Gasteiger partial charge in [-0.25, -0.2) is 22.2 Å². The highest BCUT2D eigenvalue weighted by atomic mass is 32.2. The number of anilines is 5. The highest BCUT2D eigenvalue weighted by molar-refractivity contribution is 7.92. The summed E-state index contributed by atoms with van der Waals surface area (Å²) >= 11 is 0. The van der Waals surface area contributed by atoms with Crippen LogP contribution in [0.4, 0.5) is 37.6 Å². The number of nitrogens with one attached hydrogen (secondary N) is 2. The highest BCUT2D eigenvalue weighted by Crippen LogP contribution is 2.54. The number of nitrogens with zero attached hydrogens (tertiary/aromatic N) is 5. The number of aliphatic hydroxyl groups is 1. The standard InChI is InChI=1S/C28H34F2N8O4S/c29-28(30)7-11-38(12-8-28)25-24-18(15-22(31)34-35-24)16-23(32-25)33-26(40)20-2-1-19(36-43(41,42)14-13-39)17-21(20)37-9-5-27(3-4-27)6-10-37/h1-2,15-17,36,39H,3-14H2,(H2,31,34)(H,32,33,40). The fraction of sp³-hybridized carbons (Fsp3) is 0.500. The summed E-state index contributed by atoms with van der Waals surface area (Å²) < 4.78 is 54.9. The summed E-state index contributed by atoms with van der Waals surface area (Å²) in [5, 5.41) is 20.6. The number of pyridine rings is 1. The zero-order valence-corrected chi connectivity index (χ0v) is 24.3. The zero-order valence-electron chi connectivity index (χ0n) is 23.5. The van der Waals surface area contributed by atoms with Gasteiger partial charge in [0.1, 0.15) is 17.2 Å². The van der Waals surface area contributed by atoms with E-state index in [1.807, 2.05) is 0 Å². The number of amides is 1. The summed E-state index contributed by atoms with van der Waals surface area (Å²) in [4.78, 5) is 22.2. The third kappa shape index (κ3) is 6.42. The molecule has 1 aromatic carbocycles. The van der Waals surface area contributed by atoms with Crippen LogP contribution in [-0.4, -0.2) is 79.1 Å². The first-order valence-corrected chi connectivity index (χ1v) is 16.0. The number of rotatable bonds is 8. The molecule has 4 heterocycles. The molecule has 3 aliphatic rings. The van der Waals surface area contributed by atoms with Crippen molar-refractivity contribution in [3.8, 4) is 0 Å². The molecule has 15 heteroatoms. The van der Waals surface area contributed by atoms with E-state index in [1.165, 1.54) is 18.9 Å². The average molecular weight is 617 g/mol. The van der Waals surface area contributed by atoms with Crippen LogP contribution in [0.25, 0.3) is 10.9 Å². The number of piperidine rings is 2. The van der Waals surface area contributed by atoms with Crippen LogP contribution in [0.15, 0.2) is 30.3 Å². The van der Waals surface area contributed by atoms with Gasteiger partial charge in [-0.15, -0.1) is 10.2 Å².